The Balaban J connectivity index is 1.56. The van der Waals surface area contributed by atoms with Gasteiger partial charge in [-0.15, -0.1) is 0 Å². The fourth-order valence-electron chi connectivity index (χ4n) is 5.66. The fraction of sp³-hybridized carbons (Fsp3) is 0.480. The van der Waals surface area contributed by atoms with Gasteiger partial charge in [0.25, 0.3) is 5.91 Å². The Hall–Kier alpha value is -2.73. The number of aryl methyl sites for hydroxylation is 1. The highest BCUT2D eigenvalue weighted by atomic mass is 16.5. The van der Waals surface area contributed by atoms with Gasteiger partial charge in [-0.1, -0.05) is 37.1 Å². The number of rotatable bonds is 4. The van der Waals surface area contributed by atoms with Crippen molar-refractivity contribution in [3.05, 3.63) is 59.3 Å². The molecule has 6 nitrogen and oxygen atoms in total. The Morgan fingerprint density at radius 1 is 1.19 bits per heavy atom. The number of carbonyl (C=O) groups is 2. The van der Waals surface area contributed by atoms with E-state index in [1.54, 1.807) is 6.20 Å². The van der Waals surface area contributed by atoms with Crippen LogP contribution in [-0.2, 0) is 9.53 Å². The first kappa shape index (κ1) is 20.2. The smallest absolute Gasteiger partial charge is 0.254 e. The van der Waals surface area contributed by atoms with E-state index in [4.69, 9.17) is 4.74 Å². The number of ether oxygens (including phenoxy) is 1. The molecule has 1 N–H and O–H groups in total. The largest absolute Gasteiger partial charge is 0.376 e. The van der Waals surface area contributed by atoms with Crippen molar-refractivity contribution in [2.75, 3.05) is 18.5 Å². The van der Waals surface area contributed by atoms with E-state index >= 15 is 0 Å². The van der Waals surface area contributed by atoms with Gasteiger partial charge in [0.05, 0.1) is 17.6 Å². The number of nitrogens with one attached hydrogen (secondary N) is 1. The molecule has 2 atom stereocenters. The molecule has 2 aliphatic heterocycles. The Labute approximate surface area is 183 Å². The summed E-state index contributed by atoms with van der Waals surface area (Å²) in [5.41, 5.74) is 2.01. The van der Waals surface area contributed by atoms with Gasteiger partial charge in [0.15, 0.2) is 0 Å². The summed E-state index contributed by atoms with van der Waals surface area (Å²) in [6, 6.07) is 11.4. The molecule has 2 unspecified atom stereocenters. The average Bonchev–Trinajstić information content (AvgIpc) is 3.46. The SMILES string of the molecule is Cc1ccc(NC(=O)C2c3ccccc3C(=O)N(CC3CCCO3)C23CCCC3)nc1. The van der Waals surface area contributed by atoms with E-state index in [2.05, 4.69) is 10.3 Å². The monoisotopic (exact) mass is 419 g/mol. The number of hydrogen-bond donors (Lipinski definition) is 1. The Bertz CT molecular complexity index is 976. The van der Waals surface area contributed by atoms with Crippen molar-refractivity contribution in [3.8, 4) is 0 Å². The molecular weight excluding hydrogens is 390 g/mol. The molecule has 1 aromatic heterocycles. The number of carbonyl (C=O) groups excluding carboxylic acids is 2. The number of benzene rings is 1. The van der Waals surface area contributed by atoms with Crippen LogP contribution in [0.1, 0.15) is 65.9 Å². The summed E-state index contributed by atoms with van der Waals surface area (Å²) in [6.45, 7) is 3.27. The van der Waals surface area contributed by atoms with E-state index in [-0.39, 0.29) is 17.9 Å². The summed E-state index contributed by atoms with van der Waals surface area (Å²) >= 11 is 0. The molecule has 3 heterocycles. The molecule has 0 bridgehead atoms. The van der Waals surface area contributed by atoms with Crippen LogP contribution in [0.5, 0.6) is 0 Å². The fourth-order valence-corrected chi connectivity index (χ4v) is 5.66. The summed E-state index contributed by atoms with van der Waals surface area (Å²) in [4.78, 5) is 33.8. The summed E-state index contributed by atoms with van der Waals surface area (Å²) in [6.07, 6.45) is 7.50. The third-order valence-corrected chi connectivity index (χ3v) is 7.13. The highest BCUT2D eigenvalue weighted by Crippen LogP contribution is 2.50. The zero-order valence-electron chi connectivity index (χ0n) is 18.0. The van der Waals surface area contributed by atoms with Gasteiger partial charge < -0.3 is 15.0 Å². The number of pyridine rings is 1. The maximum atomic E-state index is 13.7. The lowest BCUT2D eigenvalue weighted by Crippen LogP contribution is -2.61. The molecule has 162 valence electrons. The molecule has 3 aliphatic rings. The lowest BCUT2D eigenvalue weighted by molar-refractivity contribution is -0.121. The average molecular weight is 420 g/mol. The molecule has 1 spiro atoms. The minimum Gasteiger partial charge on any atom is -0.376 e. The van der Waals surface area contributed by atoms with Gasteiger partial charge in [-0.2, -0.15) is 0 Å². The van der Waals surface area contributed by atoms with Crippen LogP contribution < -0.4 is 5.32 Å². The van der Waals surface area contributed by atoms with Crippen molar-refractivity contribution in [2.24, 2.45) is 0 Å². The molecule has 2 fully saturated rings. The van der Waals surface area contributed by atoms with Crippen LogP contribution in [0.2, 0.25) is 0 Å². The van der Waals surface area contributed by atoms with Crippen LogP contribution in [-0.4, -0.2) is 46.5 Å². The summed E-state index contributed by atoms with van der Waals surface area (Å²) in [5.74, 6) is 0.0678. The molecule has 1 aromatic carbocycles. The van der Waals surface area contributed by atoms with E-state index in [1.165, 1.54) is 0 Å². The van der Waals surface area contributed by atoms with Crippen LogP contribution >= 0.6 is 0 Å². The number of fused-ring (bicyclic) bond motifs is 1. The maximum absolute atomic E-state index is 13.7. The first-order valence-electron chi connectivity index (χ1n) is 11.3. The molecule has 1 saturated heterocycles. The third kappa shape index (κ3) is 3.53. The topological polar surface area (TPSA) is 71.5 Å². The highest BCUT2D eigenvalue weighted by Gasteiger charge is 2.56. The van der Waals surface area contributed by atoms with Crippen LogP contribution in [0, 0.1) is 6.92 Å². The highest BCUT2D eigenvalue weighted by molar-refractivity contribution is 6.05. The zero-order chi connectivity index (χ0) is 21.4. The van der Waals surface area contributed by atoms with Crippen molar-refractivity contribution < 1.29 is 14.3 Å². The second-order valence-electron chi connectivity index (χ2n) is 9.09. The number of aromatic nitrogens is 1. The predicted molar refractivity (Wildman–Crippen MR) is 118 cm³/mol. The maximum Gasteiger partial charge on any atom is 0.254 e. The van der Waals surface area contributed by atoms with E-state index < -0.39 is 11.5 Å². The van der Waals surface area contributed by atoms with Crippen molar-refractivity contribution in [1.82, 2.24) is 9.88 Å². The van der Waals surface area contributed by atoms with Crippen LogP contribution in [0.3, 0.4) is 0 Å². The summed E-state index contributed by atoms with van der Waals surface area (Å²) in [5, 5.41) is 3.04. The van der Waals surface area contributed by atoms with E-state index in [1.807, 2.05) is 48.2 Å². The number of nitrogens with zero attached hydrogens (tertiary/aromatic N) is 2. The van der Waals surface area contributed by atoms with E-state index in [9.17, 15) is 9.59 Å². The minimum atomic E-state index is -0.508. The molecular formula is C25H29N3O3. The van der Waals surface area contributed by atoms with Gasteiger partial charge in [-0.05, 0) is 55.9 Å². The molecule has 1 aliphatic carbocycles. The summed E-state index contributed by atoms with van der Waals surface area (Å²) < 4.78 is 5.89. The first-order chi connectivity index (χ1) is 15.1. The Morgan fingerprint density at radius 2 is 2.00 bits per heavy atom. The van der Waals surface area contributed by atoms with Gasteiger partial charge in [-0.25, -0.2) is 4.98 Å². The Morgan fingerprint density at radius 3 is 2.71 bits per heavy atom. The van der Waals surface area contributed by atoms with E-state index in [0.717, 1.165) is 56.3 Å². The van der Waals surface area contributed by atoms with Gasteiger partial charge in [0.2, 0.25) is 5.91 Å². The van der Waals surface area contributed by atoms with Crippen LogP contribution in [0.25, 0.3) is 0 Å². The van der Waals surface area contributed by atoms with Crippen LogP contribution in [0.15, 0.2) is 42.6 Å². The zero-order valence-corrected chi connectivity index (χ0v) is 18.0. The minimum absolute atomic E-state index is 0.0329. The molecule has 6 heteroatoms. The Kier molecular flexibility index (Phi) is 5.26. The first-order valence-corrected chi connectivity index (χ1v) is 11.3. The van der Waals surface area contributed by atoms with Gasteiger partial charge >= 0.3 is 0 Å². The lowest BCUT2D eigenvalue weighted by Gasteiger charge is -2.50. The molecule has 31 heavy (non-hydrogen) atoms. The predicted octanol–water partition coefficient (Wildman–Crippen LogP) is 4.06. The standard InChI is InChI=1S/C25H29N3O3/c1-17-10-11-21(26-15-17)27-23(29)22-19-8-2-3-9-20(19)24(30)28(16-18-7-6-14-31-18)25(22)12-4-5-13-25/h2-3,8-11,15,18,22H,4-7,12-14,16H2,1H3,(H,26,27,29). The number of anilines is 1. The molecule has 1 saturated carbocycles. The molecule has 5 rings (SSSR count). The number of amides is 2. The number of hydrogen-bond acceptors (Lipinski definition) is 4. The van der Waals surface area contributed by atoms with E-state index in [0.29, 0.717) is 17.9 Å². The van der Waals surface area contributed by atoms with Gasteiger partial charge in [0.1, 0.15) is 5.82 Å². The second kappa shape index (κ2) is 8.08. The van der Waals surface area contributed by atoms with Gasteiger partial charge in [-0.3, -0.25) is 9.59 Å². The lowest BCUT2D eigenvalue weighted by atomic mass is 9.71. The van der Waals surface area contributed by atoms with Crippen molar-refractivity contribution >= 4 is 17.6 Å². The van der Waals surface area contributed by atoms with Gasteiger partial charge in [0, 0.05) is 24.9 Å². The quantitative estimate of drug-likeness (QED) is 0.811. The van der Waals surface area contributed by atoms with Crippen molar-refractivity contribution in [3.63, 3.8) is 0 Å². The van der Waals surface area contributed by atoms with Crippen molar-refractivity contribution in [2.45, 2.75) is 63.0 Å². The molecule has 2 aromatic rings. The third-order valence-electron chi connectivity index (χ3n) is 7.13. The normalized spacial score (nSPS) is 24.4. The second-order valence-corrected chi connectivity index (χ2v) is 9.09. The van der Waals surface area contributed by atoms with Crippen LogP contribution in [0.4, 0.5) is 5.82 Å². The molecule has 2 amide bonds. The van der Waals surface area contributed by atoms with Crippen molar-refractivity contribution in [1.29, 1.82) is 0 Å². The molecule has 0 radical (unpaired) electrons. The summed E-state index contributed by atoms with van der Waals surface area (Å²) in [7, 11) is 0.